The molecule has 0 aromatic heterocycles. The van der Waals surface area contributed by atoms with E-state index in [1.54, 1.807) is 22.4 Å². The predicted molar refractivity (Wildman–Crippen MR) is 106 cm³/mol. The summed E-state index contributed by atoms with van der Waals surface area (Å²) < 4.78 is 0. The summed E-state index contributed by atoms with van der Waals surface area (Å²) in [4.78, 5) is 2.80. The lowest BCUT2D eigenvalue weighted by molar-refractivity contribution is 0.312. The standard InChI is InChI=1S/C24H30N2/c1-15-12-18(15)13-17-7-9-20-21-14-25-11-10-23(21)26-22-5-3-2-4-16(22)6-8-19(17)24(20)26/h2,4,6,10,14-15,17-18,20,22,25H,3,5,7-9,11-13H2,1H3/t15-,17?,18+,20?,22?/m1/s1. The maximum Gasteiger partial charge on any atom is 0.0588 e. The van der Waals surface area contributed by atoms with Gasteiger partial charge in [-0.2, -0.15) is 0 Å². The summed E-state index contributed by atoms with van der Waals surface area (Å²) in [6.07, 6.45) is 21.5. The van der Waals surface area contributed by atoms with E-state index in [-0.39, 0.29) is 0 Å². The van der Waals surface area contributed by atoms with Gasteiger partial charge in [0.2, 0.25) is 0 Å². The molecule has 5 atom stereocenters. The van der Waals surface area contributed by atoms with Crippen LogP contribution in [0.3, 0.4) is 0 Å². The minimum Gasteiger partial charge on any atom is -0.387 e. The Kier molecular flexibility index (Phi) is 3.34. The molecule has 3 aliphatic carbocycles. The molecule has 0 aromatic carbocycles. The fraction of sp³-hybridized carbons (Fsp3) is 0.583. The molecular weight excluding hydrogens is 316 g/mol. The number of nitrogens with one attached hydrogen (secondary N) is 1. The molecule has 136 valence electrons. The highest BCUT2D eigenvalue weighted by atomic mass is 15.2. The first-order valence-corrected chi connectivity index (χ1v) is 10.8. The minimum absolute atomic E-state index is 0.573. The van der Waals surface area contributed by atoms with E-state index in [1.807, 2.05) is 0 Å². The smallest absolute Gasteiger partial charge is 0.0588 e. The van der Waals surface area contributed by atoms with Crippen LogP contribution < -0.4 is 5.32 Å². The third kappa shape index (κ3) is 2.17. The molecule has 2 fully saturated rings. The zero-order chi connectivity index (χ0) is 17.3. The highest BCUT2D eigenvalue weighted by molar-refractivity contribution is 5.54. The second-order valence-electron chi connectivity index (χ2n) is 9.32. The van der Waals surface area contributed by atoms with E-state index in [0.717, 1.165) is 24.3 Å². The van der Waals surface area contributed by atoms with Crippen LogP contribution in [0, 0.1) is 23.7 Å². The van der Waals surface area contributed by atoms with Gasteiger partial charge in [-0.05, 0) is 79.9 Å². The molecule has 2 heteroatoms. The Bertz CT molecular complexity index is 793. The van der Waals surface area contributed by atoms with Crippen LogP contribution in [0.4, 0.5) is 0 Å². The van der Waals surface area contributed by atoms with Crippen molar-refractivity contribution < 1.29 is 0 Å². The minimum atomic E-state index is 0.573. The Balaban J connectivity index is 1.48. The Labute approximate surface area is 157 Å². The van der Waals surface area contributed by atoms with Crippen molar-refractivity contribution in [2.45, 2.75) is 57.9 Å². The molecule has 0 amide bonds. The fourth-order valence-electron chi connectivity index (χ4n) is 6.32. The van der Waals surface area contributed by atoms with E-state index in [1.165, 1.54) is 50.6 Å². The summed E-state index contributed by atoms with van der Waals surface area (Å²) in [5.41, 5.74) is 8.21. The maximum absolute atomic E-state index is 3.50. The van der Waals surface area contributed by atoms with Gasteiger partial charge >= 0.3 is 0 Å². The Hall–Kier alpha value is -1.70. The molecule has 0 aromatic rings. The van der Waals surface area contributed by atoms with E-state index >= 15 is 0 Å². The van der Waals surface area contributed by atoms with E-state index in [9.17, 15) is 0 Å². The van der Waals surface area contributed by atoms with E-state index in [2.05, 4.69) is 47.6 Å². The van der Waals surface area contributed by atoms with Crippen molar-refractivity contribution in [2.24, 2.45) is 23.7 Å². The van der Waals surface area contributed by atoms with Crippen LogP contribution in [0.25, 0.3) is 0 Å². The molecule has 1 saturated carbocycles. The molecule has 6 rings (SSSR count). The van der Waals surface area contributed by atoms with Crippen LogP contribution in [0.5, 0.6) is 0 Å². The van der Waals surface area contributed by atoms with Gasteiger partial charge in [-0.1, -0.05) is 25.2 Å². The molecule has 1 N–H and O–H groups in total. The van der Waals surface area contributed by atoms with Gasteiger partial charge in [0.05, 0.1) is 6.04 Å². The lowest BCUT2D eigenvalue weighted by atomic mass is 9.75. The van der Waals surface area contributed by atoms with Crippen molar-refractivity contribution in [3.05, 3.63) is 58.6 Å². The van der Waals surface area contributed by atoms with Crippen LogP contribution in [0.1, 0.15) is 51.9 Å². The molecule has 3 unspecified atom stereocenters. The third-order valence-electron chi connectivity index (χ3n) is 7.85. The first kappa shape index (κ1) is 15.4. The lowest BCUT2D eigenvalue weighted by Crippen LogP contribution is -2.35. The molecule has 2 nitrogen and oxygen atoms in total. The second kappa shape index (κ2) is 5.65. The first-order chi connectivity index (χ1) is 12.8. The van der Waals surface area contributed by atoms with E-state index in [0.29, 0.717) is 12.0 Å². The first-order valence-electron chi connectivity index (χ1n) is 10.8. The molecule has 3 heterocycles. The van der Waals surface area contributed by atoms with Gasteiger partial charge in [0, 0.05) is 35.6 Å². The molecule has 0 spiro atoms. The average Bonchev–Trinajstić information content (AvgIpc) is 3.31. The van der Waals surface area contributed by atoms with E-state index in [4.69, 9.17) is 0 Å². The van der Waals surface area contributed by atoms with Crippen LogP contribution in [-0.4, -0.2) is 17.5 Å². The van der Waals surface area contributed by atoms with Crippen LogP contribution in [0.15, 0.2) is 58.6 Å². The summed E-state index contributed by atoms with van der Waals surface area (Å²) in [7, 11) is 0. The fourth-order valence-corrected chi connectivity index (χ4v) is 6.32. The lowest BCUT2D eigenvalue weighted by Gasteiger charge is -2.37. The number of dihydropyridines is 1. The summed E-state index contributed by atoms with van der Waals surface area (Å²) in [5, 5.41) is 3.50. The Morgan fingerprint density at radius 2 is 2.12 bits per heavy atom. The van der Waals surface area contributed by atoms with Crippen molar-refractivity contribution in [3.8, 4) is 0 Å². The Morgan fingerprint density at radius 1 is 1.19 bits per heavy atom. The van der Waals surface area contributed by atoms with Gasteiger partial charge in [0.1, 0.15) is 0 Å². The van der Waals surface area contributed by atoms with Gasteiger partial charge in [0.25, 0.3) is 0 Å². The van der Waals surface area contributed by atoms with Crippen LogP contribution in [0.2, 0.25) is 0 Å². The molecule has 0 radical (unpaired) electrons. The summed E-state index contributed by atoms with van der Waals surface area (Å²) in [6, 6.07) is 0.573. The molecular formula is C24H30N2. The van der Waals surface area contributed by atoms with Crippen molar-refractivity contribution in [2.75, 3.05) is 6.54 Å². The predicted octanol–water partition coefficient (Wildman–Crippen LogP) is 5.05. The normalized spacial score (nSPS) is 39.8. The molecule has 1 saturated heterocycles. The number of nitrogens with zero attached hydrogens (tertiary/aromatic N) is 1. The monoisotopic (exact) mass is 346 g/mol. The number of hydrogen-bond donors (Lipinski definition) is 1. The average molecular weight is 347 g/mol. The highest BCUT2D eigenvalue weighted by Gasteiger charge is 2.48. The molecule has 26 heavy (non-hydrogen) atoms. The van der Waals surface area contributed by atoms with Gasteiger partial charge in [-0.3, -0.25) is 0 Å². The van der Waals surface area contributed by atoms with Crippen molar-refractivity contribution in [3.63, 3.8) is 0 Å². The zero-order valence-corrected chi connectivity index (χ0v) is 15.9. The second-order valence-corrected chi connectivity index (χ2v) is 9.32. The number of rotatable bonds is 2. The quantitative estimate of drug-likeness (QED) is 0.753. The number of allylic oxidation sites excluding steroid dienone is 5. The SMILES string of the molecule is C[C@@H]1C[C@H]1CC1CCC2C3=CNCC=C3N3C2=C1CC=C1C=CCCC13. The van der Waals surface area contributed by atoms with Crippen molar-refractivity contribution in [1.82, 2.24) is 10.2 Å². The third-order valence-corrected chi connectivity index (χ3v) is 7.85. The van der Waals surface area contributed by atoms with Gasteiger partial charge in [-0.15, -0.1) is 0 Å². The summed E-state index contributed by atoms with van der Waals surface area (Å²) in [5.74, 6) is 3.45. The van der Waals surface area contributed by atoms with E-state index < -0.39 is 0 Å². The van der Waals surface area contributed by atoms with Gasteiger partial charge < -0.3 is 10.2 Å². The van der Waals surface area contributed by atoms with Crippen molar-refractivity contribution in [1.29, 1.82) is 0 Å². The van der Waals surface area contributed by atoms with Crippen molar-refractivity contribution >= 4 is 0 Å². The largest absolute Gasteiger partial charge is 0.387 e. The summed E-state index contributed by atoms with van der Waals surface area (Å²) >= 11 is 0. The molecule has 6 aliphatic rings. The maximum atomic E-state index is 3.50. The van der Waals surface area contributed by atoms with Gasteiger partial charge in [-0.25, -0.2) is 0 Å². The number of fused-ring (bicyclic) bond motifs is 5. The highest BCUT2D eigenvalue weighted by Crippen LogP contribution is 2.56. The van der Waals surface area contributed by atoms with Crippen LogP contribution in [-0.2, 0) is 0 Å². The van der Waals surface area contributed by atoms with Crippen LogP contribution >= 0.6 is 0 Å². The van der Waals surface area contributed by atoms with Gasteiger partial charge in [0.15, 0.2) is 0 Å². The zero-order valence-electron chi connectivity index (χ0n) is 15.9. The topological polar surface area (TPSA) is 15.3 Å². The molecule has 3 aliphatic heterocycles. The number of hydrogen-bond acceptors (Lipinski definition) is 2. The molecule has 0 bridgehead atoms. The Morgan fingerprint density at radius 3 is 3.00 bits per heavy atom. The summed E-state index contributed by atoms with van der Waals surface area (Å²) in [6.45, 7) is 3.43.